The fourth-order valence-corrected chi connectivity index (χ4v) is 4.76. The molecule has 0 unspecified atom stereocenters. The van der Waals surface area contributed by atoms with E-state index in [4.69, 9.17) is 15.9 Å². The van der Waals surface area contributed by atoms with Crippen molar-refractivity contribution >= 4 is 35.5 Å². The van der Waals surface area contributed by atoms with Crippen LogP contribution >= 0.6 is 0 Å². The van der Waals surface area contributed by atoms with Crippen LogP contribution in [-0.2, 0) is 20.9 Å². The third-order valence-corrected chi connectivity index (χ3v) is 6.89. The number of carbonyl (C=O) groups excluding carboxylic acids is 2. The smallest absolute Gasteiger partial charge is 0.330 e. The number of nitrogen functional groups attached to an aromatic ring is 1. The standard InChI is InChI=1S/C31H33N3O3/c1-37-30(35)17-12-22-6-5-9-28(18-22)34(31(36)25-7-3-2-4-8-25)21-23-10-13-24(14-11-23)26-15-16-29(33)27(19-26)20-32/h5-6,9-20,25,32H,2-4,7-8,21,33H2,1H3/b17-12+,32-20?. The summed E-state index contributed by atoms with van der Waals surface area (Å²) in [7, 11) is 1.35. The monoisotopic (exact) mass is 495 g/mol. The predicted octanol–water partition coefficient (Wildman–Crippen LogP) is 6.23. The average Bonchev–Trinajstić information content (AvgIpc) is 2.95. The number of ether oxygens (including phenoxy) is 1. The van der Waals surface area contributed by atoms with Gasteiger partial charge in [0, 0.05) is 35.1 Å². The van der Waals surface area contributed by atoms with Crippen LogP contribution in [0.3, 0.4) is 0 Å². The number of nitrogens with zero attached hydrogens (tertiary/aromatic N) is 1. The zero-order valence-corrected chi connectivity index (χ0v) is 21.2. The second-order valence-corrected chi connectivity index (χ2v) is 9.40. The number of esters is 1. The molecular formula is C31H33N3O3. The van der Waals surface area contributed by atoms with Gasteiger partial charge in [-0.05, 0) is 65.4 Å². The fourth-order valence-electron chi connectivity index (χ4n) is 4.76. The van der Waals surface area contributed by atoms with Gasteiger partial charge in [-0.2, -0.15) is 0 Å². The van der Waals surface area contributed by atoms with Crippen LogP contribution in [0.5, 0.6) is 0 Å². The Morgan fingerprint density at radius 2 is 1.73 bits per heavy atom. The highest BCUT2D eigenvalue weighted by Gasteiger charge is 2.27. The number of carbonyl (C=O) groups is 2. The Labute approximate surface area is 218 Å². The van der Waals surface area contributed by atoms with Crippen molar-refractivity contribution in [1.82, 2.24) is 0 Å². The van der Waals surface area contributed by atoms with Crippen LogP contribution in [0, 0.1) is 11.3 Å². The van der Waals surface area contributed by atoms with E-state index in [1.807, 2.05) is 71.6 Å². The number of nitrogens with two attached hydrogens (primary N) is 1. The third-order valence-electron chi connectivity index (χ3n) is 6.89. The second kappa shape index (κ2) is 12.2. The molecule has 3 N–H and O–H groups in total. The van der Waals surface area contributed by atoms with Crippen molar-refractivity contribution in [2.75, 3.05) is 17.7 Å². The van der Waals surface area contributed by atoms with Crippen molar-refractivity contribution in [3.8, 4) is 11.1 Å². The number of nitrogens with one attached hydrogen (secondary N) is 1. The Morgan fingerprint density at radius 1 is 1.00 bits per heavy atom. The minimum Gasteiger partial charge on any atom is -0.466 e. The summed E-state index contributed by atoms with van der Waals surface area (Å²) in [5.74, 6) is -0.252. The maximum absolute atomic E-state index is 13.7. The van der Waals surface area contributed by atoms with Crippen molar-refractivity contribution in [1.29, 1.82) is 5.41 Å². The molecule has 0 radical (unpaired) electrons. The van der Waals surface area contributed by atoms with Gasteiger partial charge in [0.2, 0.25) is 5.91 Å². The van der Waals surface area contributed by atoms with Gasteiger partial charge in [0.1, 0.15) is 0 Å². The van der Waals surface area contributed by atoms with Gasteiger partial charge in [0.15, 0.2) is 0 Å². The first-order valence-electron chi connectivity index (χ1n) is 12.7. The molecule has 1 aliphatic rings. The summed E-state index contributed by atoms with van der Waals surface area (Å²) in [5, 5.41) is 7.56. The first kappa shape index (κ1) is 25.9. The van der Waals surface area contributed by atoms with E-state index in [1.165, 1.54) is 25.8 Å². The van der Waals surface area contributed by atoms with Crippen LogP contribution in [0.2, 0.25) is 0 Å². The van der Waals surface area contributed by atoms with Gasteiger partial charge in [-0.15, -0.1) is 0 Å². The van der Waals surface area contributed by atoms with E-state index in [0.29, 0.717) is 17.8 Å². The normalized spacial score (nSPS) is 13.9. The molecule has 190 valence electrons. The summed E-state index contributed by atoms with van der Waals surface area (Å²) in [5.41, 5.74) is 11.9. The minimum absolute atomic E-state index is 0.0246. The largest absolute Gasteiger partial charge is 0.466 e. The molecule has 6 nitrogen and oxygen atoms in total. The lowest BCUT2D eigenvalue weighted by atomic mass is 9.88. The number of hydrogen-bond acceptors (Lipinski definition) is 5. The molecule has 1 amide bonds. The van der Waals surface area contributed by atoms with E-state index in [-0.39, 0.29) is 11.8 Å². The van der Waals surface area contributed by atoms with Crippen molar-refractivity contribution in [3.63, 3.8) is 0 Å². The van der Waals surface area contributed by atoms with E-state index in [2.05, 4.69) is 0 Å². The highest BCUT2D eigenvalue weighted by atomic mass is 16.5. The van der Waals surface area contributed by atoms with Gasteiger partial charge in [0.25, 0.3) is 0 Å². The Kier molecular flexibility index (Phi) is 8.52. The maximum Gasteiger partial charge on any atom is 0.330 e. The van der Waals surface area contributed by atoms with E-state index in [9.17, 15) is 9.59 Å². The summed E-state index contributed by atoms with van der Waals surface area (Å²) in [6.45, 7) is 0.452. The molecule has 6 heteroatoms. The summed E-state index contributed by atoms with van der Waals surface area (Å²) in [6.07, 6.45) is 9.53. The van der Waals surface area contributed by atoms with Crippen LogP contribution < -0.4 is 10.6 Å². The molecule has 0 heterocycles. The van der Waals surface area contributed by atoms with E-state index >= 15 is 0 Å². The minimum atomic E-state index is -0.422. The Hall–Kier alpha value is -4.19. The summed E-state index contributed by atoms with van der Waals surface area (Å²) < 4.78 is 4.70. The SMILES string of the molecule is COC(=O)/C=C/c1cccc(N(Cc2ccc(-c3ccc(N)c(C=N)c3)cc2)C(=O)C2CCCCC2)c1. The Morgan fingerprint density at radius 3 is 2.43 bits per heavy atom. The number of amides is 1. The lowest BCUT2D eigenvalue weighted by Crippen LogP contribution is -2.36. The lowest BCUT2D eigenvalue weighted by molar-refractivity contribution is -0.134. The van der Waals surface area contributed by atoms with Crippen LogP contribution in [0.25, 0.3) is 17.2 Å². The number of hydrogen-bond donors (Lipinski definition) is 2. The quantitative estimate of drug-likeness (QED) is 0.167. The molecule has 0 aromatic heterocycles. The molecule has 1 fully saturated rings. The molecule has 0 atom stereocenters. The average molecular weight is 496 g/mol. The molecule has 1 saturated carbocycles. The Balaban J connectivity index is 1.61. The van der Waals surface area contributed by atoms with Gasteiger partial charge in [-0.3, -0.25) is 4.79 Å². The lowest BCUT2D eigenvalue weighted by Gasteiger charge is -2.30. The molecule has 4 rings (SSSR count). The van der Waals surface area contributed by atoms with Gasteiger partial charge >= 0.3 is 5.97 Å². The van der Waals surface area contributed by atoms with E-state index in [0.717, 1.165) is 53.6 Å². The molecule has 0 aliphatic heterocycles. The highest BCUT2D eigenvalue weighted by Crippen LogP contribution is 2.30. The second-order valence-electron chi connectivity index (χ2n) is 9.40. The van der Waals surface area contributed by atoms with E-state index < -0.39 is 5.97 Å². The van der Waals surface area contributed by atoms with E-state index in [1.54, 1.807) is 6.08 Å². The molecule has 0 saturated heterocycles. The zero-order valence-electron chi connectivity index (χ0n) is 21.2. The van der Waals surface area contributed by atoms with Crippen molar-refractivity contribution < 1.29 is 14.3 Å². The number of benzene rings is 3. The van der Waals surface area contributed by atoms with Gasteiger partial charge in [-0.25, -0.2) is 4.79 Å². The van der Waals surface area contributed by atoms with Crippen LogP contribution in [-0.4, -0.2) is 25.2 Å². The molecule has 3 aromatic rings. The zero-order chi connectivity index (χ0) is 26.2. The van der Waals surface area contributed by atoms with Crippen molar-refractivity contribution in [3.05, 3.63) is 89.5 Å². The first-order chi connectivity index (χ1) is 18.0. The van der Waals surface area contributed by atoms with Gasteiger partial charge < -0.3 is 20.8 Å². The topological polar surface area (TPSA) is 96.5 Å². The predicted molar refractivity (Wildman–Crippen MR) is 149 cm³/mol. The van der Waals surface area contributed by atoms with Crippen molar-refractivity contribution in [2.24, 2.45) is 5.92 Å². The molecule has 3 aromatic carbocycles. The Bertz CT molecular complexity index is 1290. The molecule has 37 heavy (non-hydrogen) atoms. The fraction of sp³-hybridized carbons (Fsp3) is 0.258. The van der Waals surface area contributed by atoms with Crippen LogP contribution in [0.1, 0.15) is 48.8 Å². The third kappa shape index (κ3) is 6.53. The number of anilines is 2. The molecule has 0 bridgehead atoms. The van der Waals surface area contributed by atoms with Gasteiger partial charge in [0.05, 0.1) is 13.7 Å². The first-order valence-corrected chi connectivity index (χ1v) is 12.7. The molecule has 1 aliphatic carbocycles. The molecule has 0 spiro atoms. The highest BCUT2D eigenvalue weighted by molar-refractivity contribution is 5.95. The number of methoxy groups -OCH3 is 1. The molecular weight excluding hydrogens is 462 g/mol. The summed E-state index contributed by atoms with van der Waals surface area (Å²) >= 11 is 0. The van der Waals surface area contributed by atoms with Gasteiger partial charge in [-0.1, -0.05) is 61.7 Å². The maximum atomic E-state index is 13.7. The van der Waals surface area contributed by atoms with Crippen LogP contribution in [0.4, 0.5) is 11.4 Å². The van der Waals surface area contributed by atoms with Crippen LogP contribution in [0.15, 0.2) is 72.8 Å². The van der Waals surface area contributed by atoms with Crippen molar-refractivity contribution in [2.45, 2.75) is 38.6 Å². The summed E-state index contributed by atoms with van der Waals surface area (Å²) in [4.78, 5) is 27.1. The number of rotatable bonds is 8. The summed E-state index contributed by atoms with van der Waals surface area (Å²) in [6, 6.07) is 21.5.